The number of thioether (sulfide) groups is 1. The van der Waals surface area contributed by atoms with Gasteiger partial charge in [0.25, 0.3) is 5.91 Å². The van der Waals surface area contributed by atoms with Crippen LogP contribution in [0.15, 0.2) is 24.3 Å². The number of halogens is 1. The van der Waals surface area contributed by atoms with E-state index in [0.717, 1.165) is 3.57 Å². The number of carboxylic acids is 1. The van der Waals surface area contributed by atoms with Crippen LogP contribution in [0.25, 0.3) is 0 Å². The van der Waals surface area contributed by atoms with Crippen molar-refractivity contribution < 1.29 is 14.7 Å². The van der Waals surface area contributed by atoms with Crippen LogP contribution in [0.4, 0.5) is 0 Å². The maximum absolute atomic E-state index is 12.0. The summed E-state index contributed by atoms with van der Waals surface area (Å²) in [6.45, 7) is 0. The second kappa shape index (κ2) is 7.63. The van der Waals surface area contributed by atoms with E-state index in [4.69, 9.17) is 5.11 Å². The van der Waals surface area contributed by atoms with Gasteiger partial charge in [-0.2, -0.15) is 11.8 Å². The summed E-state index contributed by atoms with van der Waals surface area (Å²) in [6, 6.07) is 6.26. The van der Waals surface area contributed by atoms with Crippen LogP contribution in [0.5, 0.6) is 0 Å². The van der Waals surface area contributed by atoms with E-state index in [1.165, 1.54) is 0 Å². The van der Waals surface area contributed by atoms with Crippen molar-refractivity contribution in [3.8, 4) is 0 Å². The lowest BCUT2D eigenvalue weighted by Crippen LogP contribution is -2.41. The van der Waals surface area contributed by atoms with Crippen molar-refractivity contribution in [2.24, 2.45) is 0 Å². The number of hydrogen-bond acceptors (Lipinski definition) is 3. The molecule has 0 saturated carbocycles. The minimum atomic E-state index is -0.997. The Hall–Kier alpha value is -0.760. The van der Waals surface area contributed by atoms with Crippen LogP contribution >= 0.6 is 34.4 Å². The monoisotopic (exact) mass is 379 g/mol. The molecule has 1 amide bonds. The zero-order chi connectivity index (χ0) is 13.5. The third-order valence-corrected chi connectivity index (χ3v) is 3.92. The third kappa shape index (κ3) is 4.49. The Bertz CT molecular complexity index is 439. The second-order valence-electron chi connectivity index (χ2n) is 3.63. The number of rotatable bonds is 6. The van der Waals surface area contributed by atoms with E-state index in [2.05, 4.69) is 27.9 Å². The molecule has 0 aliphatic heterocycles. The molecule has 0 radical (unpaired) electrons. The highest BCUT2D eigenvalue weighted by Gasteiger charge is 2.20. The molecule has 1 aromatic rings. The summed E-state index contributed by atoms with van der Waals surface area (Å²) in [5, 5.41) is 11.6. The first-order valence-electron chi connectivity index (χ1n) is 5.33. The quantitative estimate of drug-likeness (QED) is 0.744. The Balaban J connectivity index is 2.72. The van der Waals surface area contributed by atoms with Crippen molar-refractivity contribution in [1.29, 1.82) is 0 Å². The number of benzene rings is 1. The molecule has 0 aliphatic carbocycles. The zero-order valence-corrected chi connectivity index (χ0v) is 12.8. The molecule has 0 spiro atoms. The maximum Gasteiger partial charge on any atom is 0.326 e. The van der Waals surface area contributed by atoms with Crippen molar-refractivity contribution in [3.63, 3.8) is 0 Å². The fourth-order valence-electron chi connectivity index (χ4n) is 1.37. The van der Waals surface area contributed by atoms with E-state index >= 15 is 0 Å². The van der Waals surface area contributed by atoms with Gasteiger partial charge < -0.3 is 10.4 Å². The summed E-state index contributed by atoms with van der Waals surface area (Å²) >= 11 is 3.61. The molecule has 0 aliphatic rings. The van der Waals surface area contributed by atoms with Crippen LogP contribution < -0.4 is 5.32 Å². The molecule has 0 aromatic heterocycles. The highest BCUT2D eigenvalue weighted by Crippen LogP contribution is 2.12. The first kappa shape index (κ1) is 15.3. The molecule has 4 nitrogen and oxygen atoms in total. The molecule has 0 unspecified atom stereocenters. The van der Waals surface area contributed by atoms with E-state index < -0.39 is 12.0 Å². The molecule has 0 heterocycles. The average molecular weight is 379 g/mol. The van der Waals surface area contributed by atoms with Crippen LogP contribution in [-0.2, 0) is 4.79 Å². The first-order valence-corrected chi connectivity index (χ1v) is 7.80. The third-order valence-electron chi connectivity index (χ3n) is 2.33. The molecular formula is C12H14INO3S. The lowest BCUT2D eigenvalue weighted by atomic mass is 10.1. The lowest BCUT2D eigenvalue weighted by Gasteiger charge is -2.14. The van der Waals surface area contributed by atoms with Gasteiger partial charge in [0.1, 0.15) is 6.04 Å². The lowest BCUT2D eigenvalue weighted by molar-refractivity contribution is -0.139. The van der Waals surface area contributed by atoms with Crippen molar-refractivity contribution in [2.45, 2.75) is 12.5 Å². The molecule has 1 aromatic carbocycles. The minimum Gasteiger partial charge on any atom is -0.480 e. The van der Waals surface area contributed by atoms with Crippen LogP contribution in [0.2, 0.25) is 0 Å². The fraction of sp³-hybridized carbons (Fsp3) is 0.333. The maximum atomic E-state index is 12.0. The number of aliphatic carboxylic acids is 1. The topological polar surface area (TPSA) is 66.4 Å². The average Bonchev–Trinajstić information content (AvgIpc) is 2.34. The summed E-state index contributed by atoms with van der Waals surface area (Å²) in [5.74, 6) is -0.639. The summed E-state index contributed by atoms with van der Waals surface area (Å²) in [7, 11) is 0. The molecule has 2 N–H and O–H groups in total. The molecule has 1 rings (SSSR count). The number of amides is 1. The van der Waals surface area contributed by atoms with Gasteiger partial charge in [-0.1, -0.05) is 12.1 Å². The number of carbonyl (C=O) groups excluding carboxylic acids is 1. The normalized spacial score (nSPS) is 11.9. The Morgan fingerprint density at radius 1 is 1.44 bits per heavy atom. The van der Waals surface area contributed by atoms with Crippen molar-refractivity contribution in [1.82, 2.24) is 5.32 Å². The van der Waals surface area contributed by atoms with Crippen LogP contribution in [0, 0.1) is 3.57 Å². The summed E-state index contributed by atoms with van der Waals surface area (Å²) in [4.78, 5) is 23.0. The number of carboxylic acid groups (broad SMARTS) is 1. The van der Waals surface area contributed by atoms with Gasteiger partial charge in [-0.25, -0.2) is 4.79 Å². The summed E-state index contributed by atoms with van der Waals surface area (Å²) in [6.07, 6.45) is 2.33. The van der Waals surface area contributed by atoms with Crippen LogP contribution in [0.1, 0.15) is 16.8 Å². The van der Waals surface area contributed by atoms with E-state index in [-0.39, 0.29) is 5.91 Å². The Morgan fingerprint density at radius 3 is 2.67 bits per heavy atom. The van der Waals surface area contributed by atoms with Gasteiger partial charge in [0.2, 0.25) is 0 Å². The van der Waals surface area contributed by atoms with E-state index in [1.54, 1.807) is 23.9 Å². The summed E-state index contributed by atoms with van der Waals surface area (Å²) in [5.41, 5.74) is 0.508. The molecule has 0 bridgehead atoms. The predicted octanol–water partition coefficient (Wildman–Crippen LogP) is 2.23. The molecule has 0 saturated heterocycles. The van der Waals surface area contributed by atoms with Gasteiger partial charge in [0.15, 0.2) is 0 Å². The Morgan fingerprint density at radius 2 is 2.11 bits per heavy atom. The predicted molar refractivity (Wildman–Crippen MR) is 81.0 cm³/mol. The molecular weight excluding hydrogens is 365 g/mol. The summed E-state index contributed by atoms with van der Waals surface area (Å²) < 4.78 is 0.807. The fourth-order valence-corrected chi connectivity index (χ4v) is 2.48. The van der Waals surface area contributed by atoms with Gasteiger partial charge >= 0.3 is 5.97 Å². The van der Waals surface area contributed by atoms with E-state index in [9.17, 15) is 9.59 Å². The number of carbonyl (C=O) groups is 2. The largest absolute Gasteiger partial charge is 0.480 e. The van der Waals surface area contributed by atoms with Crippen molar-refractivity contribution >= 4 is 46.2 Å². The highest BCUT2D eigenvalue weighted by molar-refractivity contribution is 14.1. The smallest absolute Gasteiger partial charge is 0.326 e. The second-order valence-corrected chi connectivity index (χ2v) is 5.77. The molecule has 18 heavy (non-hydrogen) atoms. The first-order chi connectivity index (χ1) is 8.56. The van der Waals surface area contributed by atoms with Gasteiger partial charge in [-0.05, 0) is 53.2 Å². The van der Waals surface area contributed by atoms with Crippen LogP contribution in [-0.4, -0.2) is 35.0 Å². The SMILES string of the molecule is CSCC[C@H](NC(=O)c1ccccc1I)C(=O)O. The zero-order valence-electron chi connectivity index (χ0n) is 9.85. The van der Waals surface area contributed by atoms with E-state index in [1.807, 2.05) is 18.4 Å². The minimum absolute atomic E-state index is 0.339. The van der Waals surface area contributed by atoms with Crippen LogP contribution in [0.3, 0.4) is 0 Å². The molecule has 98 valence electrons. The van der Waals surface area contributed by atoms with Gasteiger partial charge in [-0.3, -0.25) is 4.79 Å². The van der Waals surface area contributed by atoms with Gasteiger partial charge in [-0.15, -0.1) is 0 Å². The number of hydrogen-bond donors (Lipinski definition) is 2. The molecule has 0 fully saturated rings. The standard InChI is InChI=1S/C12H14INO3S/c1-18-7-6-10(12(16)17)14-11(15)8-4-2-3-5-9(8)13/h2-5,10H,6-7H2,1H3,(H,14,15)(H,16,17)/t10-/m0/s1. The molecule has 6 heteroatoms. The molecule has 1 atom stereocenters. The Kier molecular flexibility index (Phi) is 6.48. The van der Waals surface area contributed by atoms with Gasteiger partial charge in [0, 0.05) is 3.57 Å². The van der Waals surface area contributed by atoms with Gasteiger partial charge in [0.05, 0.1) is 5.56 Å². The highest BCUT2D eigenvalue weighted by atomic mass is 127. The number of nitrogens with one attached hydrogen (secondary N) is 1. The van der Waals surface area contributed by atoms with Crippen molar-refractivity contribution in [3.05, 3.63) is 33.4 Å². The Labute approximate surface area is 124 Å². The van der Waals surface area contributed by atoms with E-state index in [0.29, 0.717) is 17.7 Å². The van der Waals surface area contributed by atoms with Crippen molar-refractivity contribution in [2.75, 3.05) is 12.0 Å².